The number of nitrogens with one attached hydrogen (secondary N) is 1. The van der Waals surface area contributed by atoms with E-state index in [-0.39, 0.29) is 0 Å². The van der Waals surface area contributed by atoms with Gasteiger partial charge in [-0.15, -0.1) is 11.3 Å². The van der Waals surface area contributed by atoms with E-state index in [1.54, 1.807) is 11.3 Å². The number of anilines is 1. The highest BCUT2D eigenvalue weighted by molar-refractivity contribution is 9.11. The van der Waals surface area contributed by atoms with Crippen molar-refractivity contribution >= 4 is 44.6 Å². The molecule has 0 amide bonds. The summed E-state index contributed by atoms with van der Waals surface area (Å²) in [6, 6.07) is 9.84. The Labute approximate surface area is 106 Å². The smallest absolute Gasteiger partial charge is 0.0701 e. The summed E-state index contributed by atoms with van der Waals surface area (Å²) in [5.74, 6) is 0. The summed E-state index contributed by atoms with van der Waals surface area (Å²) < 4.78 is 1.16. The summed E-state index contributed by atoms with van der Waals surface area (Å²) in [4.78, 5) is 0. The van der Waals surface area contributed by atoms with Crippen molar-refractivity contribution in [2.75, 3.05) is 5.32 Å². The van der Waals surface area contributed by atoms with Gasteiger partial charge in [0.2, 0.25) is 0 Å². The zero-order valence-electron chi connectivity index (χ0n) is 7.84. The molecule has 2 rings (SSSR count). The minimum atomic E-state index is 0.763. The SMILES string of the molecule is Clc1ccc(NCc2csc(Br)c2)cc1. The molecule has 1 nitrogen and oxygen atoms in total. The lowest BCUT2D eigenvalue weighted by Crippen LogP contribution is -1.97. The Balaban J connectivity index is 1.96. The highest BCUT2D eigenvalue weighted by atomic mass is 79.9. The molecule has 0 atom stereocenters. The monoisotopic (exact) mass is 301 g/mol. The van der Waals surface area contributed by atoms with E-state index < -0.39 is 0 Å². The molecule has 1 aromatic carbocycles. The third kappa shape index (κ3) is 3.23. The van der Waals surface area contributed by atoms with Crippen LogP contribution >= 0.6 is 38.9 Å². The van der Waals surface area contributed by atoms with Gasteiger partial charge in [0.15, 0.2) is 0 Å². The third-order valence-electron chi connectivity index (χ3n) is 1.96. The average molecular weight is 303 g/mol. The van der Waals surface area contributed by atoms with Crippen LogP contribution in [0, 0.1) is 0 Å². The molecule has 4 heteroatoms. The second kappa shape index (κ2) is 5.01. The predicted octanol–water partition coefficient (Wildman–Crippen LogP) is 4.78. The van der Waals surface area contributed by atoms with Crippen molar-refractivity contribution in [2.24, 2.45) is 0 Å². The number of hydrogen-bond donors (Lipinski definition) is 1. The maximum absolute atomic E-state index is 5.80. The first-order valence-corrected chi connectivity index (χ1v) is 6.51. The Kier molecular flexibility index (Phi) is 3.67. The van der Waals surface area contributed by atoms with Crippen LogP contribution in [0.2, 0.25) is 5.02 Å². The van der Waals surface area contributed by atoms with E-state index in [0.29, 0.717) is 0 Å². The van der Waals surface area contributed by atoms with Gasteiger partial charge in [-0.05, 0) is 57.2 Å². The molecule has 0 radical (unpaired) electrons. The molecule has 0 fully saturated rings. The summed E-state index contributed by atoms with van der Waals surface area (Å²) in [6.45, 7) is 0.837. The molecule has 2 aromatic rings. The highest BCUT2D eigenvalue weighted by Gasteiger charge is 1.97. The Hall–Kier alpha value is -0.510. The first-order chi connectivity index (χ1) is 7.24. The van der Waals surface area contributed by atoms with E-state index >= 15 is 0 Å². The topological polar surface area (TPSA) is 12.0 Å². The van der Waals surface area contributed by atoms with Crippen LogP contribution in [0.25, 0.3) is 0 Å². The van der Waals surface area contributed by atoms with Crippen LogP contribution in [0.3, 0.4) is 0 Å². The molecule has 0 aliphatic rings. The lowest BCUT2D eigenvalue weighted by Gasteiger charge is -2.04. The molecule has 1 N–H and O–H groups in total. The normalized spacial score (nSPS) is 10.3. The largest absolute Gasteiger partial charge is 0.381 e. The minimum absolute atomic E-state index is 0.763. The molecule has 78 valence electrons. The van der Waals surface area contributed by atoms with Crippen LogP contribution in [0.1, 0.15) is 5.56 Å². The Morgan fingerprint density at radius 3 is 2.60 bits per heavy atom. The van der Waals surface area contributed by atoms with Gasteiger partial charge in [-0.2, -0.15) is 0 Å². The molecule has 15 heavy (non-hydrogen) atoms. The van der Waals surface area contributed by atoms with Gasteiger partial charge in [0.1, 0.15) is 0 Å². The first kappa shape index (κ1) is 11.0. The van der Waals surface area contributed by atoms with Crippen LogP contribution in [-0.2, 0) is 6.54 Å². The van der Waals surface area contributed by atoms with Crippen molar-refractivity contribution in [3.05, 3.63) is 50.1 Å². The molecule has 0 saturated carbocycles. The van der Waals surface area contributed by atoms with E-state index in [1.165, 1.54) is 5.56 Å². The fourth-order valence-electron chi connectivity index (χ4n) is 1.21. The van der Waals surface area contributed by atoms with Gasteiger partial charge >= 0.3 is 0 Å². The zero-order valence-corrected chi connectivity index (χ0v) is 11.0. The average Bonchev–Trinajstić information content (AvgIpc) is 2.64. The van der Waals surface area contributed by atoms with E-state index in [2.05, 4.69) is 32.7 Å². The summed E-state index contributed by atoms with van der Waals surface area (Å²) in [5.41, 5.74) is 2.36. The maximum atomic E-state index is 5.80. The Morgan fingerprint density at radius 1 is 1.27 bits per heavy atom. The van der Waals surface area contributed by atoms with Crippen LogP contribution in [0.5, 0.6) is 0 Å². The van der Waals surface area contributed by atoms with Crippen LogP contribution < -0.4 is 5.32 Å². The maximum Gasteiger partial charge on any atom is 0.0701 e. The fraction of sp³-hybridized carbons (Fsp3) is 0.0909. The second-order valence-electron chi connectivity index (χ2n) is 3.12. The molecule has 1 heterocycles. The van der Waals surface area contributed by atoms with Crippen molar-refractivity contribution in [1.29, 1.82) is 0 Å². The van der Waals surface area contributed by atoms with E-state index in [9.17, 15) is 0 Å². The van der Waals surface area contributed by atoms with Gasteiger partial charge in [-0.3, -0.25) is 0 Å². The molecule has 0 aliphatic carbocycles. The highest BCUT2D eigenvalue weighted by Crippen LogP contribution is 2.21. The van der Waals surface area contributed by atoms with Crippen molar-refractivity contribution in [2.45, 2.75) is 6.54 Å². The number of thiophene rings is 1. The summed E-state index contributed by atoms with van der Waals surface area (Å²) in [7, 11) is 0. The molecule has 0 bridgehead atoms. The molecule has 0 unspecified atom stereocenters. The number of halogens is 2. The van der Waals surface area contributed by atoms with Crippen molar-refractivity contribution in [3.8, 4) is 0 Å². The summed E-state index contributed by atoms with van der Waals surface area (Å²) in [6.07, 6.45) is 0. The predicted molar refractivity (Wildman–Crippen MR) is 70.8 cm³/mol. The van der Waals surface area contributed by atoms with Gasteiger partial charge < -0.3 is 5.32 Å². The van der Waals surface area contributed by atoms with E-state index in [1.807, 2.05) is 24.3 Å². The lowest BCUT2D eigenvalue weighted by molar-refractivity contribution is 1.16. The Bertz CT molecular complexity index is 438. The van der Waals surface area contributed by atoms with Gasteiger partial charge in [0, 0.05) is 17.3 Å². The second-order valence-corrected chi connectivity index (χ2v) is 5.85. The molecule has 0 spiro atoms. The molecular weight excluding hydrogens is 294 g/mol. The molecular formula is C11H9BrClNS. The van der Waals surface area contributed by atoms with Crippen LogP contribution in [0.4, 0.5) is 5.69 Å². The van der Waals surface area contributed by atoms with Gasteiger partial charge in [0.05, 0.1) is 3.79 Å². The Morgan fingerprint density at radius 2 is 2.00 bits per heavy atom. The molecule has 0 aliphatic heterocycles. The van der Waals surface area contributed by atoms with Gasteiger partial charge in [0.25, 0.3) is 0 Å². The third-order valence-corrected chi connectivity index (χ3v) is 3.77. The summed E-state index contributed by atoms with van der Waals surface area (Å²) in [5, 5.41) is 6.22. The van der Waals surface area contributed by atoms with E-state index in [0.717, 1.165) is 21.0 Å². The standard InChI is InChI=1S/C11H9BrClNS/c12-11-5-8(7-15-11)6-14-10-3-1-9(13)2-4-10/h1-5,7,14H,6H2. The van der Waals surface area contributed by atoms with E-state index in [4.69, 9.17) is 11.6 Å². The summed E-state index contributed by atoms with van der Waals surface area (Å²) >= 11 is 10.9. The van der Waals surface area contributed by atoms with Crippen LogP contribution in [0.15, 0.2) is 39.5 Å². The zero-order chi connectivity index (χ0) is 10.7. The van der Waals surface area contributed by atoms with Gasteiger partial charge in [-0.25, -0.2) is 0 Å². The van der Waals surface area contributed by atoms with Crippen LogP contribution in [-0.4, -0.2) is 0 Å². The fourth-order valence-corrected chi connectivity index (χ4v) is 2.55. The minimum Gasteiger partial charge on any atom is -0.381 e. The number of benzene rings is 1. The van der Waals surface area contributed by atoms with Gasteiger partial charge in [-0.1, -0.05) is 11.6 Å². The van der Waals surface area contributed by atoms with Crippen molar-refractivity contribution in [1.82, 2.24) is 0 Å². The quantitative estimate of drug-likeness (QED) is 0.860. The molecule has 0 saturated heterocycles. The first-order valence-electron chi connectivity index (χ1n) is 4.46. The van der Waals surface area contributed by atoms with Crippen molar-refractivity contribution < 1.29 is 0 Å². The lowest BCUT2D eigenvalue weighted by atomic mass is 10.3. The number of hydrogen-bond acceptors (Lipinski definition) is 2. The van der Waals surface area contributed by atoms with Crippen molar-refractivity contribution in [3.63, 3.8) is 0 Å². The molecule has 1 aromatic heterocycles. The number of rotatable bonds is 3.